The molecule has 0 unspecified atom stereocenters. The minimum Gasteiger partial charge on any atom is -0.349 e. The van der Waals surface area contributed by atoms with Crippen LogP contribution >= 0.6 is 0 Å². The molecule has 0 radical (unpaired) electrons. The number of hydrogen-bond donors (Lipinski definition) is 0. The summed E-state index contributed by atoms with van der Waals surface area (Å²) in [5, 5.41) is 4.92. The summed E-state index contributed by atoms with van der Waals surface area (Å²) >= 11 is 0. The smallest absolute Gasteiger partial charge is 0.0910 e. The van der Waals surface area contributed by atoms with Crippen LogP contribution in [0.5, 0.6) is 0 Å². The lowest BCUT2D eigenvalue weighted by Gasteiger charge is -2.45. The van der Waals surface area contributed by atoms with Crippen molar-refractivity contribution in [3.63, 3.8) is 0 Å². The minimum atomic E-state index is 0.892. The second kappa shape index (κ2) is 6.20. The highest BCUT2D eigenvalue weighted by Crippen LogP contribution is 2.43. The van der Waals surface area contributed by atoms with E-state index in [2.05, 4.69) is 94.7 Å². The van der Waals surface area contributed by atoms with Crippen molar-refractivity contribution in [1.82, 2.24) is 9.97 Å². The van der Waals surface area contributed by atoms with Gasteiger partial charge in [-0.1, -0.05) is 36.4 Å². The summed E-state index contributed by atoms with van der Waals surface area (Å²) in [7, 11) is 0. The normalized spacial score (nSPS) is 14.8. The minimum absolute atomic E-state index is 0.892. The molecule has 33 heavy (non-hydrogen) atoms. The Morgan fingerprint density at radius 3 is 1.52 bits per heavy atom. The fourth-order valence-corrected chi connectivity index (χ4v) is 5.73. The number of benzene rings is 4. The third-order valence-electron chi connectivity index (χ3n) is 7.29. The molecule has 2 aromatic heterocycles. The van der Waals surface area contributed by atoms with Gasteiger partial charge in [0.05, 0.1) is 28.7 Å². The van der Waals surface area contributed by atoms with Crippen molar-refractivity contribution >= 4 is 55.0 Å². The number of pyridine rings is 2. The summed E-state index contributed by atoms with van der Waals surface area (Å²) in [4.78, 5) is 14.9. The predicted octanol–water partition coefficient (Wildman–Crippen LogP) is 6.39. The molecule has 4 heterocycles. The van der Waals surface area contributed by atoms with E-state index in [9.17, 15) is 0 Å². The molecule has 2 aliphatic heterocycles. The van der Waals surface area contributed by atoms with E-state index in [1.54, 1.807) is 0 Å². The SMILES string of the molecule is c1ccc2nc3ccc4c(c3cc2c1)CN1CN4Cc2c1ccc1nc3ccccc3cc21. The molecular weight excluding hydrogens is 404 g/mol. The van der Waals surface area contributed by atoms with E-state index in [-0.39, 0.29) is 0 Å². The summed E-state index contributed by atoms with van der Waals surface area (Å²) in [5.74, 6) is 0. The monoisotopic (exact) mass is 424 g/mol. The molecule has 2 aliphatic rings. The molecule has 156 valence electrons. The van der Waals surface area contributed by atoms with Crippen LogP contribution in [0.15, 0.2) is 84.9 Å². The van der Waals surface area contributed by atoms with E-state index in [1.807, 2.05) is 0 Å². The van der Waals surface area contributed by atoms with Gasteiger partial charge in [0, 0.05) is 57.1 Å². The summed E-state index contributed by atoms with van der Waals surface area (Å²) in [6.07, 6.45) is 0. The van der Waals surface area contributed by atoms with Gasteiger partial charge in [0.1, 0.15) is 0 Å². The number of rotatable bonds is 0. The van der Waals surface area contributed by atoms with Crippen LogP contribution in [0.3, 0.4) is 0 Å². The van der Waals surface area contributed by atoms with Crippen LogP contribution in [-0.4, -0.2) is 16.6 Å². The molecule has 0 amide bonds. The molecule has 0 spiro atoms. The molecule has 4 aromatic carbocycles. The van der Waals surface area contributed by atoms with Crippen molar-refractivity contribution in [2.24, 2.45) is 0 Å². The topological polar surface area (TPSA) is 32.3 Å². The molecule has 4 heteroatoms. The lowest BCUT2D eigenvalue weighted by molar-refractivity contribution is 0.656. The molecule has 0 saturated heterocycles. The number of nitrogens with zero attached hydrogens (tertiary/aromatic N) is 4. The van der Waals surface area contributed by atoms with Crippen LogP contribution in [0.1, 0.15) is 11.1 Å². The van der Waals surface area contributed by atoms with Crippen molar-refractivity contribution in [3.8, 4) is 0 Å². The quantitative estimate of drug-likeness (QED) is 0.265. The first-order chi connectivity index (χ1) is 16.3. The molecule has 0 atom stereocenters. The van der Waals surface area contributed by atoms with E-state index in [0.29, 0.717) is 0 Å². The van der Waals surface area contributed by atoms with E-state index in [0.717, 1.165) is 41.8 Å². The van der Waals surface area contributed by atoms with Crippen LogP contribution in [0.4, 0.5) is 11.4 Å². The molecule has 2 bridgehead atoms. The van der Waals surface area contributed by atoms with Gasteiger partial charge in [-0.25, -0.2) is 9.97 Å². The summed E-state index contributed by atoms with van der Waals surface area (Å²) in [5.41, 5.74) is 9.66. The van der Waals surface area contributed by atoms with Crippen LogP contribution < -0.4 is 9.80 Å². The molecule has 8 rings (SSSR count). The number of fused-ring (bicyclic) bond motifs is 12. The molecular formula is C29H20N4. The lowest BCUT2D eigenvalue weighted by Crippen LogP contribution is -2.46. The maximum atomic E-state index is 4.95. The van der Waals surface area contributed by atoms with Crippen molar-refractivity contribution in [1.29, 1.82) is 0 Å². The van der Waals surface area contributed by atoms with Gasteiger partial charge in [-0.3, -0.25) is 0 Å². The average molecular weight is 425 g/mol. The predicted molar refractivity (Wildman–Crippen MR) is 136 cm³/mol. The highest BCUT2D eigenvalue weighted by molar-refractivity contribution is 6.00. The Kier molecular flexibility index (Phi) is 3.27. The summed E-state index contributed by atoms with van der Waals surface area (Å²) in [6, 6.07) is 30.3. The Labute approximate surface area is 190 Å². The van der Waals surface area contributed by atoms with Gasteiger partial charge in [0.15, 0.2) is 0 Å². The first-order valence-corrected chi connectivity index (χ1v) is 11.4. The maximum Gasteiger partial charge on any atom is 0.0910 e. The lowest BCUT2D eigenvalue weighted by atomic mass is 9.95. The van der Waals surface area contributed by atoms with Gasteiger partial charge in [0.25, 0.3) is 0 Å². The van der Waals surface area contributed by atoms with E-state index in [1.165, 1.54) is 44.0 Å². The zero-order chi connectivity index (χ0) is 21.5. The van der Waals surface area contributed by atoms with Gasteiger partial charge >= 0.3 is 0 Å². The van der Waals surface area contributed by atoms with Crippen molar-refractivity contribution < 1.29 is 0 Å². The number of para-hydroxylation sites is 2. The molecule has 0 fully saturated rings. The van der Waals surface area contributed by atoms with Gasteiger partial charge in [-0.05, 0) is 48.5 Å². The van der Waals surface area contributed by atoms with Gasteiger partial charge in [0.2, 0.25) is 0 Å². The second-order valence-corrected chi connectivity index (χ2v) is 9.16. The van der Waals surface area contributed by atoms with Crippen molar-refractivity contribution in [2.75, 3.05) is 16.5 Å². The Bertz CT molecular complexity index is 1640. The van der Waals surface area contributed by atoms with E-state index < -0.39 is 0 Å². The van der Waals surface area contributed by atoms with Crippen LogP contribution in [0.25, 0.3) is 43.6 Å². The zero-order valence-electron chi connectivity index (χ0n) is 18.0. The van der Waals surface area contributed by atoms with E-state index >= 15 is 0 Å². The third-order valence-corrected chi connectivity index (χ3v) is 7.29. The largest absolute Gasteiger partial charge is 0.349 e. The standard InChI is InChI=1S/C29H20N4/c1-3-7-24-18(5-1)13-20-22-15-32-17-33(28(22)11-9-26(20)30-24)16-23-21-14-19-6-2-4-8-25(19)31-27(21)10-12-29(23)32/h1-14H,15-17H2. The first-order valence-electron chi connectivity index (χ1n) is 11.4. The van der Waals surface area contributed by atoms with Gasteiger partial charge < -0.3 is 9.80 Å². The Balaban J connectivity index is 1.33. The molecule has 4 nitrogen and oxygen atoms in total. The highest BCUT2D eigenvalue weighted by Gasteiger charge is 2.31. The fourth-order valence-electron chi connectivity index (χ4n) is 5.73. The molecule has 0 aliphatic carbocycles. The number of anilines is 2. The third kappa shape index (κ3) is 2.40. The Hall–Kier alpha value is -4.18. The van der Waals surface area contributed by atoms with Crippen molar-refractivity contribution in [3.05, 3.63) is 96.1 Å². The molecule has 6 aromatic rings. The number of hydrogen-bond acceptors (Lipinski definition) is 4. The number of aromatic nitrogens is 2. The molecule has 0 N–H and O–H groups in total. The Morgan fingerprint density at radius 1 is 0.515 bits per heavy atom. The zero-order valence-corrected chi connectivity index (χ0v) is 18.0. The first kappa shape index (κ1) is 17.4. The van der Waals surface area contributed by atoms with Crippen LogP contribution in [-0.2, 0) is 13.1 Å². The van der Waals surface area contributed by atoms with Gasteiger partial charge in [-0.15, -0.1) is 0 Å². The van der Waals surface area contributed by atoms with Crippen LogP contribution in [0, 0.1) is 0 Å². The van der Waals surface area contributed by atoms with Crippen molar-refractivity contribution in [2.45, 2.75) is 13.1 Å². The molecule has 0 saturated carbocycles. The summed E-state index contributed by atoms with van der Waals surface area (Å²) < 4.78 is 0. The van der Waals surface area contributed by atoms with E-state index in [4.69, 9.17) is 9.97 Å². The fraction of sp³-hybridized carbons (Fsp3) is 0.103. The summed E-state index contributed by atoms with van der Waals surface area (Å²) in [6.45, 7) is 2.70. The Morgan fingerprint density at radius 2 is 1.00 bits per heavy atom. The van der Waals surface area contributed by atoms with Gasteiger partial charge in [-0.2, -0.15) is 0 Å². The van der Waals surface area contributed by atoms with Crippen LogP contribution in [0.2, 0.25) is 0 Å². The maximum absolute atomic E-state index is 4.95. The average Bonchev–Trinajstić information content (AvgIpc) is 2.86. The second-order valence-electron chi connectivity index (χ2n) is 9.16. The highest BCUT2D eigenvalue weighted by atomic mass is 15.4.